The molecule has 0 aromatic carbocycles. The first-order chi connectivity index (χ1) is 15.9. The molecule has 0 aromatic heterocycles. The van der Waals surface area contributed by atoms with Gasteiger partial charge in [0.2, 0.25) is 0 Å². The minimum atomic E-state index is -0.575. The largest absolute Gasteiger partial charge is 0.469 e. The molecule has 1 saturated heterocycles. The van der Waals surface area contributed by atoms with Gasteiger partial charge in [-0.05, 0) is 49.0 Å². The number of ether oxygens (including phenoxy) is 6. The van der Waals surface area contributed by atoms with E-state index >= 15 is 0 Å². The van der Waals surface area contributed by atoms with Gasteiger partial charge in [0.05, 0.1) is 25.2 Å². The van der Waals surface area contributed by atoms with Crippen molar-refractivity contribution in [3.8, 4) is 0 Å². The average molecular weight is 527 g/mol. The zero-order valence-electron chi connectivity index (χ0n) is 19.9. The molecule has 0 bridgehead atoms. The maximum atomic E-state index is 12.4. The number of rotatable bonds is 7. The second-order valence-corrected chi connectivity index (χ2v) is 10.2. The molecule has 2 fully saturated rings. The third-order valence-electron chi connectivity index (χ3n) is 7.94. The molecule has 1 heterocycles. The molecular formula is C25H35BrO7. The van der Waals surface area contributed by atoms with Crippen LogP contribution >= 0.6 is 15.9 Å². The molecule has 0 amide bonds. The topological polar surface area (TPSA) is 72.5 Å². The molecule has 1 aliphatic heterocycles. The molecule has 3 aliphatic carbocycles. The van der Waals surface area contributed by atoms with Crippen molar-refractivity contribution in [3.63, 3.8) is 0 Å². The molecule has 4 rings (SSSR count). The molecule has 7 nitrogen and oxygen atoms in total. The Kier molecular flexibility index (Phi) is 7.83. The van der Waals surface area contributed by atoms with E-state index in [2.05, 4.69) is 34.7 Å². The van der Waals surface area contributed by atoms with E-state index in [4.69, 9.17) is 28.4 Å². The SMILES string of the molecule is C=C[C@H]1[C@@H]2C=C(Br)C3=C[C@@H](O[C@@H]4O[C@@H](C)[C@H](OC)[C@@H](OC)[C@H]4OC)C[C@H]3[C@@H]2C[C@H]1C(=O)OC. The molecular weight excluding hydrogens is 492 g/mol. The standard InChI is InChI=1S/C25H35BrO7/c1-7-14-17-11-20(26)18-9-13(8-15(18)16(17)10-19(14)24(27)31-6)33-25-23(30-5)22(29-4)21(28-3)12(2)32-25/h7,9,11-17,19,21-23,25H,1,8,10H2,2-6H3/t12-,13-,14-,15-,16-,17-,19+,21-,22+,23+,25-/m0/s1. The van der Waals surface area contributed by atoms with E-state index in [-0.39, 0.29) is 48.1 Å². The normalized spacial score (nSPS) is 44.5. The molecule has 0 spiro atoms. The summed E-state index contributed by atoms with van der Waals surface area (Å²) in [5, 5.41) is 0. The second-order valence-electron chi connectivity index (χ2n) is 9.38. The van der Waals surface area contributed by atoms with Crippen LogP contribution in [-0.2, 0) is 33.2 Å². The molecule has 184 valence electrons. The molecule has 4 aliphatic rings. The van der Waals surface area contributed by atoms with Crippen molar-refractivity contribution in [2.24, 2.45) is 29.6 Å². The lowest BCUT2D eigenvalue weighted by Gasteiger charge is -2.44. The number of hydrogen-bond acceptors (Lipinski definition) is 7. The number of fused-ring (bicyclic) bond motifs is 3. The number of methoxy groups -OCH3 is 4. The Balaban J connectivity index is 1.52. The Hall–Kier alpha value is -1.03. The van der Waals surface area contributed by atoms with Gasteiger partial charge in [-0.2, -0.15) is 0 Å². The van der Waals surface area contributed by atoms with Crippen molar-refractivity contribution in [1.82, 2.24) is 0 Å². The highest BCUT2D eigenvalue weighted by Crippen LogP contribution is 2.56. The van der Waals surface area contributed by atoms with Gasteiger partial charge in [0.25, 0.3) is 0 Å². The molecule has 0 N–H and O–H groups in total. The summed E-state index contributed by atoms with van der Waals surface area (Å²) < 4.78 is 35.8. The second kappa shape index (κ2) is 10.3. The quantitative estimate of drug-likeness (QED) is 0.370. The predicted molar refractivity (Wildman–Crippen MR) is 126 cm³/mol. The summed E-state index contributed by atoms with van der Waals surface area (Å²) in [4.78, 5) is 12.4. The minimum absolute atomic E-state index is 0.0744. The smallest absolute Gasteiger partial charge is 0.309 e. The van der Waals surface area contributed by atoms with Gasteiger partial charge < -0.3 is 28.4 Å². The molecule has 33 heavy (non-hydrogen) atoms. The number of esters is 1. The summed E-state index contributed by atoms with van der Waals surface area (Å²) in [5.41, 5.74) is 1.24. The fraction of sp³-hybridized carbons (Fsp3) is 0.720. The Labute approximate surface area is 204 Å². The molecule has 0 unspecified atom stereocenters. The molecule has 11 atom stereocenters. The van der Waals surface area contributed by atoms with E-state index in [1.165, 1.54) is 12.7 Å². The maximum Gasteiger partial charge on any atom is 0.309 e. The first-order valence-electron chi connectivity index (χ1n) is 11.6. The van der Waals surface area contributed by atoms with E-state index in [0.29, 0.717) is 11.8 Å². The monoisotopic (exact) mass is 526 g/mol. The van der Waals surface area contributed by atoms with Crippen LogP contribution in [0.3, 0.4) is 0 Å². The van der Waals surface area contributed by atoms with E-state index in [0.717, 1.165) is 17.3 Å². The van der Waals surface area contributed by atoms with Crippen LogP contribution in [0.15, 0.2) is 34.9 Å². The zero-order valence-corrected chi connectivity index (χ0v) is 21.5. The van der Waals surface area contributed by atoms with Crippen molar-refractivity contribution in [3.05, 3.63) is 34.9 Å². The van der Waals surface area contributed by atoms with E-state index in [1.807, 2.05) is 13.0 Å². The minimum Gasteiger partial charge on any atom is -0.469 e. The lowest BCUT2D eigenvalue weighted by Crippen LogP contribution is -2.59. The Bertz CT molecular complexity index is 811. The first kappa shape index (κ1) is 25.1. The Morgan fingerprint density at radius 2 is 1.79 bits per heavy atom. The highest BCUT2D eigenvalue weighted by molar-refractivity contribution is 9.12. The first-order valence-corrected chi connectivity index (χ1v) is 12.4. The van der Waals surface area contributed by atoms with Crippen molar-refractivity contribution in [2.75, 3.05) is 28.4 Å². The van der Waals surface area contributed by atoms with Gasteiger partial charge >= 0.3 is 5.97 Å². The molecule has 1 saturated carbocycles. The van der Waals surface area contributed by atoms with Crippen molar-refractivity contribution in [1.29, 1.82) is 0 Å². The van der Waals surface area contributed by atoms with Crippen LogP contribution in [0, 0.1) is 29.6 Å². The zero-order chi connectivity index (χ0) is 23.9. The summed E-state index contributed by atoms with van der Waals surface area (Å²) in [6, 6.07) is 0. The third-order valence-corrected chi connectivity index (χ3v) is 8.66. The number of allylic oxidation sites excluding steroid dienone is 4. The van der Waals surface area contributed by atoms with Gasteiger partial charge in [0.1, 0.15) is 18.3 Å². The molecule has 0 radical (unpaired) electrons. The van der Waals surface area contributed by atoms with Gasteiger partial charge in [0.15, 0.2) is 6.29 Å². The number of hydrogen-bond donors (Lipinski definition) is 0. The molecule has 0 aromatic rings. The van der Waals surface area contributed by atoms with Crippen LogP contribution in [0.4, 0.5) is 0 Å². The van der Waals surface area contributed by atoms with Crippen LogP contribution in [0.1, 0.15) is 19.8 Å². The van der Waals surface area contributed by atoms with Gasteiger partial charge in [-0.15, -0.1) is 6.58 Å². The van der Waals surface area contributed by atoms with E-state index in [9.17, 15) is 4.79 Å². The van der Waals surface area contributed by atoms with Crippen molar-refractivity contribution >= 4 is 21.9 Å². The van der Waals surface area contributed by atoms with Crippen molar-refractivity contribution < 1.29 is 33.2 Å². The third kappa shape index (κ3) is 4.39. The number of halogens is 1. The van der Waals surface area contributed by atoms with Crippen LogP contribution < -0.4 is 0 Å². The maximum absolute atomic E-state index is 12.4. The predicted octanol–water partition coefficient (Wildman–Crippen LogP) is 3.63. The Morgan fingerprint density at radius 3 is 2.39 bits per heavy atom. The average Bonchev–Trinajstić information content (AvgIpc) is 3.39. The van der Waals surface area contributed by atoms with Gasteiger partial charge in [0, 0.05) is 25.8 Å². The Morgan fingerprint density at radius 1 is 1.09 bits per heavy atom. The summed E-state index contributed by atoms with van der Waals surface area (Å²) in [6.07, 6.45) is 6.09. The van der Waals surface area contributed by atoms with Crippen LogP contribution in [0.2, 0.25) is 0 Å². The highest BCUT2D eigenvalue weighted by Gasteiger charge is 2.53. The fourth-order valence-electron chi connectivity index (χ4n) is 6.44. The highest BCUT2D eigenvalue weighted by atomic mass is 79.9. The van der Waals surface area contributed by atoms with Crippen molar-refractivity contribution in [2.45, 2.75) is 56.6 Å². The molecule has 8 heteroatoms. The van der Waals surface area contributed by atoms with Gasteiger partial charge in [-0.1, -0.05) is 34.2 Å². The summed E-state index contributed by atoms with van der Waals surface area (Å²) in [6.45, 7) is 5.97. The van der Waals surface area contributed by atoms with Gasteiger partial charge in [-0.25, -0.2) is 0 Å². The van der Waals surface area contributed by atoms with Gasteiger partial charge in [-0.3, -0.25) is 4.79 Å². The van der Waals surface area contributed by atoms with Crippen LogP contribution in [0.5, 0.6) is 0 Å². The fourth-order valence-corrected chi connectivity index (χ4v) is 7.17. The lowest BCUT2D eigenvalue weighted by atomic mass is 9.74. The van der Waals surface area contributed by atoms with Crippen LogP contribution in [-0.4, -0.2) is 71.2 Å². The number of carbonyl (C=O) groups is 1. The van der Waals surface area contributed by atoms with E-state index in [1.54, 1.807) is 21.3 Å². The van der Waals surface area contributed by atoms with Crippen LogP contribution in [0.25, 0.3) is 0 Å². The summed E-state index contributed by atoms with van der Waals surface area (Å²) in [7, 11) is 6.40. The number of carbonyl (C=O) groups excluding carboxylic acids is 1. The lowest BCUT2D eigenvalue weighted by molar-refractivity contribution is -0.311. The van der Waals surface area contributed by atoms with E-state index < -0.39 is 12.4 Å². The summed E-state index contributed by atoms with van der Waals surface area (Å²) in [5.74, 6) is 0.647. The summed E-state index contributed by atoms with van der Waals surface area (Å²) >= 11 is 3.78.